The molecule has 1 fully saturated rings. The molecule has 5 heteroatoms. The summed E-state index contributed by atoms with van der Waals surface area (Å²) >= 11 is 0. The second-order valence-electron chi connectivity index (χ2n) is 7.48. The molecule has 2 heterocycles. The number of aromatic nitrogens is 1. The van der Waals surface area contributed by atoms with Gasteiger partial charge in [-0.2, -0.15) is 0 Å². The van der Waals surface area contributed by atoms with Crippen molar-refractivity contribution in [1.82, 2.24) is 9.88 Å². The zero-order chi connectivity index (χ0) is 19.5. The number of hydrogen-bond acceptors (Lipinski definition) is 4. The summed E-state index contributed by atoms with van der Waals surface area (Å²) < 4.78 is 5.79. The summed E-state index contributed by atoms with van der Waals surface area (Å²) in [7, 11) is 0. The van der Waals surface area contributed by atoms with Crippen molar-refractivity contribution in [1.29, 1.82) is 0 Å². The Bertz CT molecular complexity index is 956. The first kappa shape index (κ1) is 18.6. The molecule has 4 rings (SSSR count). The van der Waals surface area contributed by atoms with Crippen molar-refractivity contribution in [3.05, 3.63) is 71.9 Å². The van der Waals surface area contributed by atoms with Crippen LogP contribution in [0, 0.1) is 0 Å². The maximum Gasteiger partial charge on any atom is 0.255 e. The number of rotatable bonds is 4. The average Bonchev–Trinajstić information content (AvgIpc) is 2.68. The molecule has 0 aliphatic carbocycles. The van der Waals surface area contributed by atoms with Gasteiger partial charge in [0, 0.05) is 36.8 Å². The molecule has 2 atom stereocenters. The first-order chi connectivity index (χ1) is 13.6. The number of carbonyl (C=O) groups excluding carboxylic acids is 1. The highest BCUT2D eigenvalue weighted by Crippen LogP contribution is 2.21. The Kier molecular flexibility index (Phi) is 5.37. The Balaban J connectivity index is 1.44. The molecular weight excluding hydrogens is 350 g/mol. The van der Waals surface area contributed by atoms with E-state index in [0.717, 1.165) is 36.2 Å². The van der Waals surface area contributed by atoms with Gasteiger partial charge in [-0.05, 0) is 43.7 Å². The molecule has 0 spiro atoms. The van der Waals surface area contributed by atoms with Crippen LogP contribution in [0.5, 0.6) is 0 Å². The van der Waals surface area contributed by atoms with Crippen LogP contribution >= 0.6 is 0 Å². The third-order valence-electron chi connectivity index (χ3n) is 5.00. The number of para-hydroxylation sites is 1. The summed E-state index contributed by atoms with van der Waals surface area (Å²) in [5.41, 5.74) is 3.36. The van der Waals surface area contributed by atoms with E-state index in [1.165, 1.54) is 5.56 Å². The van der Waals surface area contributed by atoms with Crippen molar-refractivity contribution in [2.24, 2.45) is 0 Å². The van der Waals surface area contributed by atoms with E-state index in [-0.39, 0.29) is 18.1 Å². The number of nitrogens with zero attached hydrogens (tertiary/aromatic N) is 2. The van der Waals surface area contributed by atoms with Crippen LogP contribution in [0.4, 0.5) is 5.69 Å². The van der Waals surface area contributed by atoms with Gasteiger partial charge in [0.2, 0.25) is 0 Å². The number of ether oxygens (including phenoxy) is 1. The van der Waals surface area contributed by atoms with Crippen LogP contribution in [0.3, 0.4) is 0 Å². The third kappa shape index (κ3) is 4.21. The number of anilines is 1. The number of hydrogen-bond donors (Lipinski definition) is 1. The molecule has 1 N–H and O–H groups in total. The fraction of sp³-hybridized carbons (Fsp3) is 0.304. The SMILES string of the molecule is CC1CN(Cc2ccc(C(=O)Nc3cccc4cccnc34)cc2)CC(C)O1. The van der Waals surface area contributed by atoms with E-state index < -0.39 is 0 Å². The summed E-state index contributed by atoms with van der Waals surface area (Å²) in [6.07, 6.45) is 2.24. The van der Waals surface area contributed by atoms with Crippen LogP contribution < -0.4 is 5.32 Å². The van der Waals surface area contributed by atoms with Crippen LogP contribution in [0.15, 0.2) is 60.8 Å². The van der Waals surface area contributed by atoms with E-state index in [1.54, 1.807) is 6.20 Å². The molecule has 0 saturated carbocycles. The minimum atomic E-state index is -0.127. The highest BCUT2D eigenvalue weighted by atomic mass is 16.5. The van der Waals surface area contributed by atoms with E-state index >= 15 is 0 Å². The highest BCUT2D eigenvalue weighted by Gasteiger charge is 2.22. The quantitative estimate of drug-likeness (QED) is 0.746. The molecule has 1 aromatic heterocycles. The number of carbonyl (C=O) groups is 1. The maximum atomic E-state index is 12.7. The Morgan fingerprint density at radius 2 is 1.79 bits per heavy atom. The summed E-state index contributed by atoms with van der Waals surface area (Å²) in [5, 5.41) is 3.99. The summed E-state index contributed by atoms with van der Waals surface area (Å²) in [6, 6.07) is 17.5. The molecular formula is C23H25N3O2. The summed E-state index contributed by atoms with van der Waals surface area (Å²) in [4.78, 5) is 19.5. The van der Waals surface area contributed by atoms with Gasteiger partial charge in [0.05, 0.1) is 23.4 Å². The fourth-order valence-corrected chi connectivity index (χ4v) is 3.83. The Hall–Kier alpha value is -2.76. The topological polar surface area (TPSA) is 54.5 Å². The Morgan fingerprint density at radius 3 is 2.54 bits per heavy atom. The monoisotopic (exact) mass is 375 g/mol. The van der Waals surface area contributed by atoms with Gasteiger partial charge in [-0.15, -0.1) is 0 Å². The molecule has 0 radical (unpaired) electrons. The van der Waals surface area contributed by atoms with Crippen molar-refractivity contribution >= 4 is 22.5 Å². The van der Waals surface area contributed by atoms with Crippen LogP contribution in [-0.4, -0.2) is 41.1 Å². The number of benzene rings is 2. The zero-order valence-corrected chi connectivity index (χ0v) is 16.3. The number of amides is 1. The Morgan fingerprint density at radius 1 is 1.07 bits per heavy atom. The molecule has 1 aliphatic heterocycles. The molecule has 1 aliphatic rings. The lowest BCUT2D eigenvalue weighted by Gasteiger charge is -2.35. The van der Waals surface area contributed by atoms with Gasteiger partial charge in [-0.1, -0.05) is 30.3 Å². The lowest BCUT2D eigenvalue weighted by Crippen LogP contribution is -2.44. The van der Waals surface area contributed by atoms with Crippen LogP contribution in [0.1, 0.15) is 29.8 Å². The van der Waals surface area contributed by atoms with E-state index in [2.05, 4.69) is 29.0 Å². The smallest absolute Gasteiger partial charge is 0.255 e. The van der Waals surface area contributed by atoms with Gasteiger partial charge in [0.15, 0.2) is 0 Å². The molecule has 2 aromatic carbocycles. The number of fused-ring (bicyclic) bond motifs is 1. The lowest BCUT2D eigenvalue weighted by atomic mass is 10.1. The van der Waals surface area contributed by atoms with Gasteiger partial charge in [-0.3, -0.25) is 14.7 Å². The summed E-state index contributed by atoms with van der Waals surface area (Å²) in [6.45, 7) is 6.95. The number of nitrogens with one attached hydrogen (secondary N) is 1. The van der Waals surface area contributed by atoms with E-state index in [0.29, 0.717) is 5.56 Å². The molecule has 3 aromatic rings. The molecule has 5 nitrogen and oxygen atoms in total. The average molecular weight is 375 g/mol. The molecule has 1 saturated heterocycles. The van der Waals surface area contributed by atoms with Gasteiger partial charge in [0.1, 0.15) is 0 Å². The zero-order valence-electron chi connectivity index (χ0n) is 16.3. The minimum absolute atomic E-state index is 0.127. The third-order valence-corrected chi connectivity index (χ3v) is 5.00. The van der Waals surface area contributed by atoms with Crippen molar-refractivity contribution in [2.45, 2.75) is 32.6 Å². The second-order valence-corrected chi connectivity index (χ2v) is 7.48. The van der Waals surface area contributed by atoms with Gasteiger partial charge in [-0.25, -0.2) is 0 Å². The van der Waals surface area contributed by atoms with Gasteiger partial charge >= 0.3 is 0 Å². The van der Waals surface area contributed by atoms with E-state index in [1.807, 2.05) is 54.6 Å². The lowest BCUT2D eigenvalue weighted by molar-refractivity contribution is -0.0704. The van der Waals surface area contributed by atoms with Crippen molar-refractivity contribution < 1.29 is 9.53 Å². The van der Waals surface area contributed by atoms with E-state index in [4.69, 9.17) is 4.74 Å². The fourth-order valence-electron chi connectivity index (χ4n) is 3.83. The minimum Gasteiger partial charge on any atom is -0.373 e. The molecule has 2 unspecified atom stereocenters. The van der Waals surface area contributed by atoms with Crippen LogP contribution in [0.2, 0.25) is 0 Å². The van der Waals surface area contributed by atoms with Gasteiger partial charge in [0.25, 0.3) is 5.91 Å². The largest absolute Gasteiger partial charge is 0.373 e. The normalized spacial score (nSPS) is 20.2. The first-order valence-electron chi connectivity index (χ1n) is 9.70. The van der Waals surface area contributed by atoms with Gasteiger partial charge < -0.3 is 10.1 Å². The number of morpholine rings is 1. The predicted octanol–water partition coefficient (Wildman–Crippen LogP) is 4.10. The first-order valence-corrected chi connectivity index (χ1v) is 9.70. The molecule has 28 heavy (non-hydrogen) atoms. The standard InChI is InChI=1S/C23H25N3O2/c1-16-13-26(14-17(2)28-16)15-18-8-10-20(11-9-18)23(27)25-21-7-3-5-19-6-4-12-24-22(19)21/h3-12,16-17H,13-15H2,1-2H3,(H,25,27). The van der Waals surface area contributed by atoms with Crippen LogP contribution in [0.25, 0.3) is 10.9 Å². The van der Waals surface area contributed by atoms with Crippen molar-refractivity contribution in [2.75, 3.05) is 18.4 Å². The second kappa shape index (κ2) is 8.09. The highest BCUT2D eigenvalue weighted by molar-refractivity contribution is 6.08. The van der Waals surface area contributed by atoms with Crippen molar-refractivity contribution in [3.63, 3.8) is 0 Å². The predicted molar refractivity (Wildman–Crippen MR) is 111 cm³/mol. The maximum absolute atomic E-state index is 12.7. The molecule has 1 amide bonds. The Labute approximate surface area is 165 Å². The number of pyridine rings is 1. The summed E-state index contributed by atoms with van der Waals surface area (Å²) in [5.74, 6) is -0.127. The van der Waals surface area contributed by atoms with Crippen LogP contribution in [-0.2, 0) is 11.3 Å². The molecule has 144 valence electrons. The van der Waals surface area contributed by atoms with E-state index in [9.17, 15) is 4.79 Å². The molecule has 0 bridgehead atoms. The van der Waals surface area contributed by atoms with Crippen molar-refractivity contribution in [3.8, 4) is 0 Å².